The van der Waals surface area contributed by atoms with Gasteiger partial charge in [-0.25, -0.2) is 4.39 Å². The van der Waals surface area contributed by atoms with Crippen LogP contribution in [0.3, 0.4) is 0 Å². The Hall–Kier alpha value is -1.01. The lowest BCUT2D eigenvalue weighted by Crippen LogP contribution is -2.00. The highest BCUT2D eigenvalue weighted by molar-refractivity contribution is 9.10. The predicted octanol–water partition coefficient (Wildman–Crippen LogP) is 2.63. The summed E-state index contributed by atoms with van der Waals surface area (Å²) >= 11 is 3.23. The first-order chi connectivity index (χ1) is 5.74. The van der Waals surface area contributed by atoms with Crippen LogP contribution in [0.2, 0.25) is 0 Å². The van der Waals surface area contributed by atoms with Crippen LogP contribution in [-0.2, 0) is 0 Å². The molecule has 1 rings (SSSR count). The molecule has 0 aliphatic carbocycles. The normalized spacial score (nSPS) is 9.08. The first-order valence-corrected chi connectivity index (χ1v) is 4.15. The molecular weight excluding hydrogens is 221 g/mol. The molecule has 0 heterocycles. The number of hydrogen-bond donors (Lipinski definition) is 1. The van der Waals surface area contributed by atoms with Gasteiger partial charge in [0.25, 0.3) is 0 Å². The Kier molecular flexibility index (Phi) is 3.12. The van der Waals surface area contributed by atoms with Crippen molar-refractivity contribution in [1.29, 1.82) is 0 Å². The van der Waals surface area contributed by atoms with Crippen molar-refractivity contribution >= 4 is 21.6 Å². The highest BCUT2D eigenvalue weighted by Gasteiger charge is 1.99. The van der Waals surface area contributed by atoms with Gasteiger partial charge in [0.15, 0.2) is 0 Å². The topological polar surface area (TPSA) is 12.0 Å². The van der Waals surface area contributed by atoms with E-state index in [2.05, 4.69) is 27.2 Å². The Morgan fingerprint density at radius 2 is 2.33 bits per heavy atom. The van der Waals surface area contributed by atoms with Crippen LogP contribution in [0.5, 0.6) is 0 Å². The molecule has 1 aromatic carbocycles. The average molecular weight is 228 g/mol. The van der Waals surface area contributed by atoms with Gasteiger partial charge in [-0.15, -0.1) is 6.42 Å². The summed E-state index contributed by atoms with van der Waals surface area (Å²) in [6.07, 6.45) is 5.02. The largest absolute Gasteiger partial charge is 0.372 e. The monoisotopic (exact) mass is 227 g/mol. The van der Waals surface area contributed by atoms with Crippen molar-refractivity contribution in [3.8, 4) is 12.3 Å². The van der Waals surface area contributed by atoms with Crippen LogP contribution < -0.4 is 5.32 Å². The van der Waals surface area contributed by atoms with E-state index in [1.807, 2.05) is 0 Å². The molecule has 0 saturated heterocycles. The molecule has 0 bridgehead atoms. The first-order valence-electron chi connectivity index (χ1n) is 3.36. The predicted molar refractivity (Wildman–Crippen MR) is 51.4 cm³/mol. The molecule has 0 fully saturated rings. The van der Waals surface area contributed by atoms with Crippen molar-refractivity contribution in [1.82, 2.24) is 0 Å². The van der Waals surface area contributed by atoms with Crippen molar-refractivity contribution in [3.05, 3.63) is 28.5 Å². The number of terminal acetylenes is 1. The van der Waals surface area contributed by atoms with E-state index in [4.69, 9.17) is 6.42 Å². The molecule has 0 amide bonds. The summed E-state index contributed by atoms with van der Waals surface area (Å²) < 4.78 is 13.8. The van der Waals surface area contributed by atoms with E-state index in [1.165, 1.54) is 6.07 Å². The molecule has 0 spiro atoms. The minimum absolute atomic E-state index is 0.298. The molecule has 0 unspecified atom stereocenters. The number of rotatable bonds is 2. The summed E-state index contributed by atoms with van der Waals surface area (Å²) in [5.74, 6) is 2.07. The van der Waals surface area contributed by atoms with Crippen LogP contribution in [-0.4, -0.2) is 6.54 Å². The Balaban J connectivity index is 2.84. The molecule has 0 aromatic heterocycles. The molecule has 0 aliphatic heterocycles. The summed E-state index contributed by atoms with van der Waals surface area (Å²) in [6.45, 7) is 0.327. The Morgan fingerprint density at radius 1 is 1.58 bits per heavy atom. The Bertz CT molecular complexity index is 317. The minimum atomic E-state index is -0.298. The lowest BCUT2D eigenvalue weighted by atomic mass is 10.3. The second-order valence-electron chi connectivity index (χ2n) is 2.18. The number of anilines is 1. The third-order valence-corrected chi connectivity index (χ3v) is 1.80. The molecular formula is C9H7BrFN. The summed E-state index contributed by atoms with van der Waals surface area (Å²) in [4.78, 5) is 0. The highest BCUT2D eigenvalue weighted by atomic mass is 79.9. The van der Waals surface area contributed by atoms with Crippen LogP contribution in [0, 0.1) is 18.2 Å². The summed E-state index contributed by atoms with van der Waals surface area (Å²) in [5, 5.41) is 2.76. The third-order valence-electron chi connectivity index (χ3n) is 1.31. The fraction of sp³-hybridized carbons (Fsp3) is 0.111. The van der Waals surface area contributed by atoms with Gasteiger partial charge in [-0.2, -0.15) is 0 Å². The molecule has 3 heteroatoms. The van der Waals surface area contributed by atoms with Gasteiger partial charge in [-0.3, -0.25) is 0 Å². The zero-order valence-electron chi connectivity index (χ0n) is 6.27. The van der Waals surface area contributed by atoms with Crippen LogP contribution in [0.1, 0.15) is 0 Å². The van der Waals surface area contributed by atoms with Crippen molar-refractivity contribution < 1.29 is 4.39 Å². The maximum atomic E-state index is 12.9. The van der Waals surface area contributed by atoms with Gasteiger partial charge in [-0.1, -0.05) is 21.9 Å². The van der Waals surface area contributed by atoms with Crippen molar-refractivity contribution in [2.24, 2.45) is 0 Å². The van der Waals surface area contributed by atoms with E-state index in [0.717, 1.165) is 4.47 Å². The Morgan fingerprint density at radius 3 is 3.00 bits per heavy atom. The maximum absolute atomic E-state index is 12.9. The number of hydrogen-bond acceptors (Lipinski definition) is 1. The Labute approximate surface area is 79.1 Å². The zero-order chi connectivity index (χ0) is 8.97. The van der Waals surface area contributed by atoms with Crippen LogP contribution in [0.25, 0.3) is 0 Å². The van der Waals surface area contributed by atoms with E-state index in [1.54, 1.807) is 12.1 Å². The van der Waals surface area contributed by atoms with Gasteiger partial charge >= 0.3 is 0 Å². The quantitative estimate of drug-likeness (QED) is 0.767. The zero-order valence-corrected chi connectivity index (χ0v) is 7.86. The third kappa shape index (κ3) is 2.24. The minimum Gasteiger partial charge on any atom is -0.372 e. The maximum Gasteiger partial charge on any atom is 0.146 e. The second-order valence-corrected chi connectivity index (χ2v) is 3.10. The van der Waals surface area contributed by atoms with E-state index in [-0.39, 0.29) is 5.82 Å². The fourth-order valence-corrected chi connectivity index (χ4v) is 1.14. The molecule has 1 N–H and O–H groups in total. The molecule has 0 saturated carbocycles. The molecule has 1 aromatic rings. The SMILES string of the molecule is C#CCNc1cc(Br)ccc1F. The lowest BCUT2D eigenvalue weighted by molar-refractivity contribution is 0.630. The second kappa shape index (κ2) is 4.13. The molecule has 62 valence electrons. The van der Waals surface area contributed by atoms with Gasteiger partial charge in [0, 0.05) is 4.47 Å². The average Bonchev–Trinajstić information content (AvgIpc) is 2.07. The first kappa shape index (κ1) is 9.08. The van der Waals surface area contributed by atoms with Gasteiger partial charge in [0.2, 0.25) is 0 Å². The van der Waals surface area contributed by atoms with E-state index in [9.17, 15) is 4.39 Å². The highest BCUT2D eigenvalue weighted by Crippen LogP contribution is 2.19. The summed E-state index contributed by atoms with van der Waals surface area (Å²) in [5.41, 5.74) is 0.419. The van der Waals surface area contributed by atoms with E-state index in [0.29, 0.717) is 12.2 Å². The summed E-state index contributed by atoms with van der Waals surface area (Å²) in [7, 11) is 0. The smallest absolute Gasteiger partial charge is 0.146 e. The number of halogens is 2. The fourth-order valence-electron chi connectivity index (χ4n) is 0.779. The summed E-state index contributed by atoms with van der Waals surface area (Å²) in [6, 6.07) is 4.66. The standard InChI is InChI=1S/C9H7BrFN/c1-2-5-12-9-6-7(10)3-4-8(9)11/h1,3-4,6,12H,5H2. The molecule has 1 nitrogen and oxygen atoms in total. The van der Waals surface area contributed by atoms with Crippen LogP contribution in [0.4, 0.5) is 10.1 Å². The molecule has 0 aliphatic rings. The van der Waals surface area contributed by atoms with Crippen LogP contribution in [0.15, 0.2) is 22.7 Å². The van der Waals surface area contributed by atoms with Gasteiger partial charge < -0.3 is 5.32 Å². The van der Waals surface area contributed by atoms with Crippen LogP contribution >= 0.6 is 15.9 Å². The molecule has 12 heavy (non-hydrogen) atoms. The van der Waals surface area contributed by atoms with E-state index < -0.39 is 0 Å². The lowest BCUT2D eigenvalue weighted by Gasteiger charge is -2.03. The van der Waals surface area contributed by atoms with Gasteiger partial charge in [-0.05, 0) is 18.2 Å². The molecule has 0 atom stereocenters. The van der Waals surface area contributed by atoms with Crippen molar-refractivity contribution in [2.75, 3.05) is 11.9 Å². The van der Waals surface area contributed by atoms with E-state index >= 15 is 0 Å². The van der Waals surface area contributed by atoms with Crippen molar-refractivity contribution in [2.45, 2.75) is 0 Å². The number of benzene rings is 1. The molecule has 0 radical (unpaired) electrons. The number of nitrogens with one attached hydrogen (secondary N) is 1. The van der Waals surface area contributed by atoms with Gasteiger partial charge in [0.1, 0.15) is 5.82 Å². The van der Waals surface area contributed by atoms with Gasteiger partial charge in [0.05, 0.1) is 12.2 Å². The van der Waals surface area contributed by atoms with Crippen molar-refractivity contribution in [3.63, 3.8) is 0 Å².